The van der Waals surface area contributed by atoms with Crippen molar-refractivity contribution in [3.63, 3.8) is 0 Å². The number of alkyl halides is 3. The Morgan fingerprint density at radius 3 is 2.60 bits per heavy atom. The van der Waals surface area contributed by atoms with Crippen LogP contribution in [0.3, 0.4) is 0 Å². The van der Waals surface area contributed by atoms with Gasteiger partial charge in [0.2, 0.25) is 0 Å². The van der Waals surface area contributed by atoms with E-state index >= 15 is 0 Å². The third kappa shape index (κ3) is 2.49. The maximum Gasteiger partial charge on any atom is 0.420 e. The van der Waals surface area contributed by atoms with Crippen molar-refractivity contribution in [3.05, 3.63) is 47.3 Å². The SMILES string of the molecule is C#Cc1cccc(-n2cc(C(F)(F)F)c(C(N)=O)n2)c1. The van der Waals surface area contributed by atoms with E-state index in [-0.39, 0.29) is 0 Å². The monoisotopic (exact) mass is 279 g/mol. The fraction of sp³-hybridized carbons (Fsp3) is 0.0769. The Bertz CT molecular complexity index is 710. The van der Waals surface area contributed by atoms with Crippen molar-refractivity contribution in [3.8, 4) is 18.0 Å². The third-order valence-corrected chi connectivity index (χ3v) is 2.53. The number of halogens is 3. The number of benzene rings is 1. The Kier molecular flexibility index (Phi) is 3.24. The minimum Gasteiger partial charge on any atom is -0.364 e. The summed E-state index contributed by atoms with van der Waals surface area (Å²) in [7, 11) is 0. The Hall–Kier alpha value is -2.75. The van der Waals surface area contributed by atoms with E-state index in [0.29, 0.717) is 17.4 Å². The molecule has 2 rings (SSSR count). The van der Waals surface area contributed by atoms with Crippen molar-refractivity contribution in [1.82, 2.24) is 9.78 Å². The van der Waals surface area contributed by atoms with Crippen molar-refractivity contribution in [2.45, 2.75) is 6.18 Å². The lowest BCUT2D eigenvalue weighted by Crippen LogP contribution is -2.18. The first-order valence-electron chi connectivity index (χ1n) is 5.36. The molecule has 1 amide bonds. The van der Waals surface area contributed by atoms with Gasteiger partial charge >= 0.3 is 6.18 Å². The summed E-state index contributed by atoms with van der Waals surface area (Å²) in [5, 5.41) is 3.58. The Labute approximate surface area is 112 Å². The highest BCUT2D eigenvalue weighted by Crippen LogP contribution is 2.32. The predicted octanol–water partition coefficient (Wildman–Crippen LogP) is 1.97. The molecule has 0 atom stereocenters. The molecule has 102 valence electrons. The van der Waals surface area contributed by atoms with Crippen LogP contribution in [0.5, 0.6) is 0 Å². The zero-order valence-electron chi connectivity index (χ0n) is 9.98. The van der Waals surface area contributed by atoms with Crippen molar-refractivity contribution < 1.29 is 18.0 Å². The van der Waals surface area contributed by atoms with Crippen LogP contribution in [0.25, 0.3) is 5.69 Å². The normalized spacial score (nSPS) is 11.1. The van der Waals surface area contributed by atoms with Gasteiger partial charge in [0, 0.05) is 11.8 Å². The van der Waals surface area contributed by atoms with Gasteiger partial charge in [0.1, 0.15) is 5.56 Å². The van der Waals surface area contributed by atoms with Gasteiger partial charge in [0.25, 0.3) is 5.91 Å². The molecule has 0 fully saturated rings. The quantitative estimate of drug-likeness (QED) is 0.854. The van der Waals surface area contributed by atoms with Gasteiger partial charge in [-0.1, -0.05) is 12.0 Å². The van der Waals surface area contributed by atoms with Crippen LogP contribution < -0.4 is 5.73 Å². The molecule has 2 aromatic rings. The topological polar surface area (TPSA) is 60.9 Å². The molecule has 1 aromatic carbocycles. The summed E-state index contributed by atoms with van der Waals surface area (Å²) in [6.07, 6.45) is 1.20. The zero-order chi connectivity index (χ0) is 14.9. The second-order valence-corrected chi connectivity index (χ2v) is 3.89. The summed E-state index contributed by atoms with van der Waals surface area (Å²) in [6.45, 7) is 0. The summed E-state index contributed by atoms with van der Waals surface area (Å²) in [4.78, 5) is 11.1. The number of hydrogen-bond acceptors (Lipinski definition) is 2. The minimum atomic E-state index is -4.72. The van der Waals surface area contributed by atoms with Crippen LogP contribution in [0, 0.1) is 12.3 Å². The van der Waals surface area contributed by atoms with E-state index in [9.17, 15) is 18.0 Å². The van der Waals surface area contributed by atoms with Crippen LogP contribution in [0.4, 0.5) is 13.2 Å². The molecule has 1 heterocycles. The van der Waals surface area contributed by atoms with Crippen molar-refractivity contribution in [1.29, 1.82) is 0 Å². The Morgan fingerprint density at radius 1 is 1.40 bits per heavy atom. The minimum absolute atomic E-state index is 0.304. The van der Waals surface area contributed by atoms with Gasteiger partial charge in [-0.25, -0.2) is 4.68 Å². The molecule has 0 aliphatic carbocycles. The average molecular weight is 279 g/mol. The first-order chi connectivity index (χ1) is 9.32. The number of carbonyl (C=O) groups excluding carboxylic acids is 1. The van der Waals surface area contributed by atoms with Crippen molar-refractivity contribution >= 4 is 5.91 Å². The molecule has 0 saturated heterocycles. The van der Waals surface area contributed by atoms with E-state index in [1.807, 2.05) is 0 Å². The molecule has 0 unspecified atom stereocenters. The number of nitrogens with zero attached hydrogens (tertiary/aromatic N) is 2. The Morgan fingerprint density at radius 2 is 2.10 bits per heavy atom. The van der Waals surface area contributed by atoms with Crippen LogP contribution in [-0.2, 0) is 6.18 Å². The van der Waals surface area contributed by atoms with E-state index in [4.69, 9.17) is 12.2 Å². The van der Waals surface area contributed by atoms with E-state index in [1.165, 1.54) is 12.1 Å². The van der Waals surface area contributed by atoms with Gasteiger partial charge in [0.05, 0.1) is 5.69 Å². The van der Waals surface area contributed by atoms with Gasteiger partial charge in [0.15, 0.2) is 5.69 Å². The van der Waals surface area contributed by atoms with E-state index in [1.54, 1.807) is 12.1 Å². The number of nitrogens with two attached hydrogens (primary N) is 1. The van der Waals surface area contributed by atoms with Crippen molar-refractivity contribution in [2.75, 3.05) is 0 Å². The molecular formula is C13H8F3N3O. The fourth-order valence-electron chi connectivity index (χ4n) is 1.63. The molecule has 0 saturated carbocycles. The predicted molar refractivity (Wildman–Crippen MR) is 65.0 cm³/mol. The maximum absolute atomic E-state index is 12.8. The molecule has 0 aliphatic heterocycles. The van der Waals surface area contributed by atoms with Crippen LogP contribution in [-0.4, -0.2) is 15.7 Å². The second kappa shape index (κ2) is 4.74. The van der Waals surface area contributed by atoms with Gasteiger partial charge in [-0.15, -0.1) is 6.42 Å². The average Bonchev–Trinajstić information content (AvgIpc) is 2.84. The summed E-state index contributed by atoms with van der Waals surface area (Å²) < 4.78 is 39.3. The van der Waals surface area contributed by atoms with Gasteiger partial charge in [-0.05, 0) is 18.2 Å². The lowest BCUT2D eigenvalue weighted by atomic mass is 10.2. The second-order valence-electron chi connectivity index (χ2n) is 3.89. The zero-order valence-corrected chi connectivity index (χ0v) is 9.98. The number of primary amides is 1. The molecule has 1 aromatic heterocycles. The largest absolute Gasteiger partial charge is 0.420 e. The summed E-state index contributed by atoms with van der Waals surface area (Å²) >= 11 is 0. The van der Waals surface area contributed by atoms with Crippen molar-refractivity contribution in [2.24, 2.45) is 5.73 Å². The molecule has 20 heavy (non-hydrogen) atoms. The molecule has 4 nitrogen and oxygen atoms in total. The highest BCUT2D eigenvalue weighted by Gasteiger charge is 2.37. The van der Waals surface area contributed by atoms with E-state index in [2.05, 4.69) is 11.0 Å². The fourth-order valence-corrected chi connectivity index (χ4v) is 1.63. The first-order valence-corrected chi connectivity index (χ1v) is 5.36. The number of carbonyl (C=O) groups is 1. The molecular weight excluding hydrogens is 271 g/mol. The number of aromatic nitrogens is 2. The summed E-state index contributed by atoms with van der Waals surface area (Å²) in [6, 6.07) is 6.17. The maximum atomic E-state index is 12.8. The smallest absolute Gasteiger partial charge is 0.364 e. The lowest BCUT2D eigenvalue weighted by molar-refractivity contribution is -0.137. The molecule has 7 heteroatoms. The van der Waals surface area contributed by atoms with Gasteiger partial charge in [-0.2, -0.15) is 18.3 Å². The number of hydrogen-bond donors (Lipinski definition) is 1. The molecule has 2 N–H and O–H groups in total. The third-order valence-electron chi connectivity index (χ3n) is 2.53. The first kappa shape index (κ1) is 13.7. The van der Waals surface area contributed by atoms with Crippen LogP contribution in [0.15, 0.2) is 30.5 Å². The summed E-state index contributed by atoms with van der Waals surface area (Å²) in [5.74, 6) is 1.11. The van der Waals surface area contributed by atoms with E-state index < -0.39 is 23.3 Å². The Balaban J connectivity index is 2.59. The number of terminal acetylenes is 1. The highest BCUT2D eigenvalue weighted by atomic mass is 19.4. The van der Waals surface area contributed by atoms with Gasteiger partial charge < -0.3 is 5.73 Å². The highest BCUT2D eigenvalue weighted by molar-refractivity contribution is 5.92. The molecule has 0 radical (unpaired) electrons. The van der Waals surface area contributed by atoms with Crippen LogP contribution in [0.1, 0.15) is 21.6 Å². The number of amides is 1. The van der Waals surface area contributed by atoms with Gasteiger partial charge in [-0.3, -0.25) is 4.79 Å². The molecule has 0 aliphatic rings. The van der Waals surface area contributed by atoms with Crippen LogP contribution in [0.2, 0.25) is 0 Å². The van der Waals surface area contributed by atoms with E-state index in [0.717, 1.165) is 4.68 Å². The molecule has 0 bridgehead atoms. The number of rotatable bonds is 2. The molecule has 0 spiro atoms. The summed E-state index contributed by atoms with van der Waals surface area (Å²) in [5.41, 5.74) is 3.68. The lowest BCUT2D eigenvalue weighted by Gasteiger charge is -2.03. The van der Waals surface area contributed by atoms with Crippen LogP contribution >= 0.6 is 0 Å². The standard InChI is InChI=1S/C13H8F3N3O/c1-2-8-4-3-5-9(6-8)19-7-10(13(14,15)16)11(18-19)12(17)20/h1,3-7H,(H2,17,20).